The Hall–Kier alpha value is -2.62. The lowest BCUT2D eigenvalue weighted by atomic mass is 10.1. The molecule has 0 saturated heterocycles. The SMILES string of the molecule is CCCNC(=O)c1ccc(C(=O)N2CCc3ccccc32)cc1. The van der Waals surface area contributed by atoms with Gasteiger partial charge in [0.05, 0.1) is 0 Å². The molecule has 0 spiro atoms. The van der Waals surface area contributed by atoms with Crippen LogP contribution >= 0.6 is 0 Å². The van der Waals surface area contributed by atoms with Crippen molar-refractivity contribution >= 4 is 17.5 Å². The quantitative estimate of drug-likeness (QED) is 0.944. The van der Waals surface area contributed by atoms with Crippen LogP contribution in [0, 0.1) is 0 Å². The zero-order chi connectivity index (χ0) is 16.2. The van der Waals surface area contributed by atoms with Crippen molar-refractivity contribution in [1.29, 1.82) is 0 Å². The van der Waals surface area contributed by atoms with E-state index in [2.05, 4.69) is 11.4 Å². The Morgan fingerprint density at radius 1 is 1.04 bits per heavy atom. The van der Waals surface area contributed by atoms with Crippen LogP contribution in [-0.2, 0) is 6.42 Å². The van der Waals surface area contributed by atoms with Gasteiger partial charge in [0.25, 0.3) is 11.8 Å². The number of benzene rings is 2. The molecule has 3 rings (SSSR count). The molecule has 0 unspecified atom stereocenters. The Morgan fingerprint density at radius 2 is 1.74 bits per heavy atom. The summed E-state index contributed by atoms with van der Waals surface area (Å²) in [6, 6.07) is 14.9. The molecule has 0 aromatic heterocycles. The van der Waals surface area contributed by atoms with Crippen molar-refractivity contribution in [3.8, 4) is 0 Å². The Kier molecular flexibility index (Phi) is 4.42. The number of carbonyl (C=O) groups is 2. The third kappa shape index (κ3) is 3.11. The van der Waals surface area contributed by atoms with Gasteiger partial charge in [-0.3, -0.25) is 9.59 Å². The van der Waals surface area contributed by atoms with E-state index < -0.39 is 0 Å². The summed E-state index contributed by atoms with van der Waals surface area (Å²) >= 11 is 0. The van der Waals surface area contributed by atoms with Crippen LogP contribution in [0.5, 0.6) is 0 Å². The number of hydrogen-bond acceptors (Lipinski definition) is 2. The summed E-state index contributed by atoms with van der Waals surface area (Å²) in [6.07, 6.45) is 1.79. The Bertz CT molecular complexity index is 722. The third-order valence-electron chi connectivity index (χ3n) is 4.06. The van der Waals surface area contributed by atoms with Crippen LogP contribution in [0.3, 0.4) is 0 Å². The molecule has 118 valence electrons. The third-order valence-corrected chi connectivity index (χ3v) is 4.06. The first kappa shape index (κ1) is 15.3. The van der Waals surface area contributed by atoms with Gasteiger partial charge in [0.2, 0.25) is 0 Å². The lowest BCUT2D eigenvalue weighted by Crippen LogP contribution is -2.29. The van der Waals surface area contributed by atoms with Gasteiger partial charge in [0, 0.05) is 29.9 Å². The number of anilines is 1. The van der Waals surface area contributed by atoms with Gasteiger partial charge in [0.15, 0.2) is 0 Å². The molecule has 0 fully saturated rings. The van der Waals surface area contributed by atoms with Crippen LogP contribution in [0.15, 0.2) is 48.5 Å². The molecule has 4 nitrogen and oxygen atoms in total. The fourth-order valence-electron chi connectivity index (χ4n) is 2.81. The van der Waals surface area contributed by atoms with E-state index in [4.69, 9.17) is 0 Å². The number of fused-ring (bicyclic) bond motifs is 1. The highest BCUT2D eigenvalue weighted by Gasteiger charge is 2.25. The number of nitrogens with one attached hydrogen (secondary N) is 1. The smallest absolute Gasteiger partial charge is 0.258 e. The van der Waals surface area contributed by atoms with Gasteiger partial charge in [-0.2, -0.15) is 0 Å². The molecule has 1 N–H and O–H groups in total. The predicted octanol–water partition coefficient (Wildman–Crippen LogP) is 3.03. The van der Waals surface area contributed by atoms with Crippen molar-refractivity contribution < 1.29 is 9.59 Å². The summed E-state index contributed by atoms with van der Waals surface area (Å²) in [4.78, 5) is 26.4. The topological polar surface area (TPSA) is 49.4 Å². The highest BCUT2D eigenvalue weighted by atomic mass is 16.2. The summed E-state index contributed by atoms with van der Waals surface area (Å²) < 4.78 is 0. The average Bonchev–Trinajstić information content (AvgIpc) is 3.03. The summed E-state index contributed by atoms with van der Waals surface area (Å²) in [7, 11) is 0. The van der Waals surface area contributed by atoms with Gasteiger partial charge in [-0.1, -0.05) is 25.1 Å². The van der Waals surface area contributed by atoms with Crippen LogP contribution < -0.4 is 10.2 Å². The van der Waals surface area contributed by atoms with Crippen molar-refractivity contribution in [3.05, 3.63) is 65.2 Å². The second-order valence-electron chi connectivity index (χ2n) is 5.67. The molecule has 2 amide bonds. The highest BCUT2D eigenvalue weighted by molar-refractivity contribution is 6.07. The second kappa shape index (κ2) is 6.65. The molecule has 0 radical (unpaired) electrons. The molecular formula is C19H20N2O2. The van der Waals surface area contributed by atoms with E-state index in [1.54, 1.807) is 24.3 Å². The molecule has 0 bridgehead atoms. The summed E-state index contributed by atoms with van der Waals surface area (Å²) in [5, 5.41) is 2.83. The van der Waals surface area contributed by atoms with Crippen LogP contribution in [0.4, 0.5) is 5.69 Å². The van der Waals surface area contributed by atoms with Crippen LogP contribution in [0.25, 0.3) is 0 Å². The standard InChI is InChI=1S/C19H20N2O2/c1-2-12-20-18(22)15-7-9-16(10-8-15)19(23)21-13-11-14-5-3-4-6-17(14)21/h3-10H,2,11-13H2,1H3,(H,20,22). The summed E-state index contributed by atoms with van der Waals surface area (Å²) in [6.45, 7) is 3.37. The molecule has 1 aliphatic rings. The molecule has 1 heterocycles. The Labute approximate surface area is 136 Å². The molecule has 1 aliphatic heterocycles. The molecular weight excluding hydrogens is 288 g/mol. The number of para-hydroxylation sites is 1. The molecule has 0 saturated carbocycles. The largest absolute Gasteiger partial charge is 0.352 e. The molecule has 2 aromatic carbocycles. The summed E-state index contributed by atoms with van der Waals surface area (Å²) in [5.74, 6) is -0.118. The minimum Gasteiger partial charge on any atom is -0.352 e. The molecule has 4 heteroatoms. The first-order valence-corrected chi connectivity index (χ1v) is 7.98. The van der Waals surface area contributed by atoms with Crippen molar-refractivity contribution in [2.75, 3.05) is 18.0 Å². The van der Waals surface area contributed by atoms with E-state index >= 15 is 0 Å². The molecule has 23 heavy (non-hydrogen) atoms. The van der Waals surface area contributed by atoms with Crippen LogP contribution in [0.1, 0.15) is 39.6 Å². The van der Waals surface area contributed by atoms with Crippen molar-refractivity contribution in [1.82, 2.24) is 5.32 Å². The van der Waals surface area contributed by atoms with E-state index in [9.17, 15) is 9.59 Å². The van der Waals surface area contributed by atoms with E-state index in [1.165, 1.54) is 5.56 Å². The maximum Gasteiger partial charge on any atom is 0.258 e. The zero-order valence-corrected chi connectivity index (χ0v) is 13.2. The molecule has 2 aromatic rings. The summed E-state index contributed by atoms with van der Waals surface area (Å²) in [5.41, 5.74) is 3.38. The van der Waals surface area contributed by atoms with E-state index in [0.29, 0.717) is 24.2 Å². The Balaban J connectivity index is 1.75. The normalized spacial score (nSPS) is 12.8. The molecule has 0 aliphatic carbocycles. The molecule has 0 atom stereocenters. The number of nitrogens with zero attached hydrogens (tertiary/aromatic N) is 1. The van der Waals surface area contributed by atoms with Crippen LogP contribution in [-0.4, -0.2) is 24.9 Å². The number of amides is 2. The van der Waals surface area contributed by atoms with Gasteiger partial charge in [-0.05, 0) is 48.7 Å². The fraction of sp³-hybridized carbons (Fsp3) is 0.263. The van der Waals surface area contributed by atoms with Gasteiger partial charge >= 0.3 is 0 Å². The first-order valence-electron chi connectivity index (χ1n) is 7.98. The van der Waals surface area contributed by atoms with Gasteiger partial charge in [-0.15, -0.1) is 0 Å². The van der Waals surface area contributed by atoms with Gasteiger partial charge in [-0.25, -0.2) is 0 Å². The van der Waals surface area contributed by atoms with Crippen molar-refractivity contribution in [3.63, 3.8) is 0 Å². The van der Waals surface area contributed by atoms with E-state index in [-0.39, 0.29) is 11.8 Å². The first-order chi connectivity index (χ1) is 11.2. The Morgan fingerprint density at radius 3 is 2.48 bits per heavy atom. The van der Waals surface area contributed by atoms with Crippen molar-refractivity contribution in [2.45, 2.75) is 19.8 Å². The minimum atomic E-state index is -0.0997. The maximum absolute atomic E-state index is 12.7. The monoisotopic (exact) mass is 308 g/mol. The number of hydrogen-bond donors (Lipinski definition) is 1. The van der Waals surface area contributed by atoms with E-state index in [1.807, 2.05) is 30.0 Å². The van der Waals surface area contributed by atoms with Crippen LogP contribution in [0.2, 0.25) is 0 Å². The fourth-order valence-corrected chi connectivity index (χ4v) is 2.81. The number of rotatable bonds is 4. The lowest BCUT2D eigenvalue weighted by molar-refractivity contribution is 0.0950. The van der Waals surface area contributed by atoms with Gasteiger partial charge in [0.1, 0.15) is 0 Å². The predicted molar refractivity (Wildman–Crippen MR) is 90.9 cm³/mol. The highest BCUT2D eigenvalue weighted by Crippen LogP contribution is 2.28. The van der Waals surface area contributed by atoms with E-state index in [0.717, 1.165) is 18.5 Å². The zero-order valence-electron chi connectivity index (χ0n) is 13.2. The maximum atomic E-state index is 12.7. The average molecular weight is 308 g/mol. The number of carbonyl (C=O) groups excluding carboxylic acids is 2. The lowest BCUT2D eigenvalue weighted by Gasteiger charge is -2.17. The minimum absolute atomic E-state index is 0.0181. The second-order valence-corrected chi connectivity index (χ2v) is 5.67. The van der Waals surface area contributed by atoms with Crippen molar-refractivity contribution in [2.24, 2.45) is 0 Å². The van der Waals surface area contributed by atoms with Gasteiger partial charge < -0.3 is 10.2 Å².